The molecule has 0 amide bonds. The third kappa shape index (κ3) is 5.19. The molecule has 1 spiro atoms. The first-order valence-corrected chi connectivity index (χ1v) is 12.5. The van der Waals surface area contributed by atoms with Gasteiger partial charge in [-0.15, -0.1) is 12.4 Å². The Hall–Kier alpha value is -2.13. The minimum Gasteiger partial charge on any atom is -0.496 e. The Morgan fingerprint density at radius 1 is 1.15 bits per heavy atom. The number of para-hydroxylation sites is 1. The number of nitrogens with zero attached hydrogens (tertiary/aromatic N) is 2. The zero-order chi connectivity index (χ0) is 22.8. The van der Waals surface area contributed by atoms with E-state index >= 15 is 0 Å². The number of piperidine rings is 1. The second-order valence-corrected chi connectivity index (χ2v) is 10.5. The highest BCUT2D eigenvalue weighted by molar-refractivity contribution is 7.89. The highest BCUT2D eigenvalue weighted by atomic mass is 35.5. The van der Waals surface area contributed by atoms with Crippen LogP contribution in [0, 0.1) is 13.8 Å². The maximum atomic E-state index is 13.3. The summed E-state index contributed by atoms with van der Waals surface area (Å²) in [6.07, 6.45) is 1.35. The number of nitrogens with one attached hydrogen (secondary N) is 2. The third-order valence-electron chi connectivity index (χ3n) is 6.47. The van der Waals surface area contributed by atoms with Crippen LogP contribution in [0.25, 0.3) is 0 Å². The number of hydrogen-bond acceptors (Lipinski definition) is 6. The van der Waals surface area contributed by atoms with Crippen molar-refractivity contribution < 1.29 is 13.2 Å². The highest BCUT2D eigenvalue weighted by Gasteiger charge is 2.43. The Morgan fingerprint density at radius 2 is 1.88 bits per heavy atom. The quantitative estimate of drug-likeness (QED) is 0.670. The topological polar surface area (TPSA) is 83.0 Å². The second-order valence-electron chi connectivity index (χ2n) is 8.58. The molecule has 0 radical (unpaired) electrons. The summed E-state index contributed by atoms with van der Waals surface area (Å²) in [5, 5.41) is 7.15. The number of amidine groups is 1. The van der Waals surface area contributed by atoms with Gasteiger partial charge in [0, 0.05) is 31.7 Å². The predicted octanol–water partition coefficient (Wildman–Crippen LogP) is 3.05. The number of aryl methyl sites for hydroxylation is 2. The molecule has 0 aromatic heterocycles. The van der Waals surface area contributed by atoms with Gasteiger partial charge >= 0.3 is 0 Å². The van der Waals surface area contributed by atoms with Gasteiger partial charge in [0.05, 0.1) is 24.1 Å². The average Bonchev–Trinajstić information content (AvgIpc) is 2.80. The van der Waals surface area contributed by atoms with Crippen LogP contribution < -0.4 is 15.4 Å². The van der Waals surface area contributed by atoms with E-state index in [1.807, 2.05) is 50.2 Å². The van der Waals surface area contributed by atoms with Crippen molar-refractivity contribution in [3.63, 3.8) is 0 Å². The van der Waals surface area contributed by atoms with Crippen LogP contribution in [0.4, 0.5) is 0 Å². The molecule has 0 bridgehead atoms. The van der Waals surface area contributed by atoms with Crippen molar-refractivity contribution in [1.82, 2.24) is 14.9 Å². The summed E-state index contributed by atoms with van der Waals surface area (Å²) in [6, 6.07) is 13.5. The van der Waals surface area contributed by atoms with E-state index in [4.69, 9.17) is 9.73 Å². The molecule has 4 rings (SSSR count). The number of aliphatic imine (C=N–C) groups is 1. The molecule has 180 valence electrons. The monoisotopic (exact) mass is 492 g/mol. The minimum absolute atomic E-state index is 0. The van der Waals surface area contributed by atoms with Crippen molar-refractivity contribution in [3.8, 4) is 5.75 Å². The van der Waals surface area contributed by atoms with E-state index in [1.54, 1.807) is 17.5 Å². The number of sulfonamides is 1. The van der Waals surface area contributed by atoms with Gasteiger partial charge in [0.1, 0.15) is 11.6 Å². The van der Waals surface area contributed by atoms with Gasteiger partial charge in [0.2, 0.25) is 10.0 Å². The maximum absolute atomic E-state index is 13.3. The van der Waals surface area contributed by atoms with Crippen LogP contribution in [0.3, 0.4) is 0 Å². The first-order chi connectivity index (χ1) is 15.4. The van der Waals surface area contributed by atoms with E-state index in [2.05, 4.69) is 10.6 Å². The van der Waals surface area contributed by atoms with E-state index in [9.17, 15) is 8.42 Å². The van der Waals surface area contributed by atoms with Crippen LogP contribution in [0.1, 0.15) is 29.5 Å². The van der Waals surface area contributed by atoms with E-state index in [1.165, 1.54) is 0 Å². The zero-order valence-electron chi connectivity index (χ0n) is 19.4. The maximum Gasteiger partial charge on any atom is 0.243 e. The van der Waals surface area contributed by atoms with Crippen molar-refractivity contribution in [3.05, 3.63) is 59.2 Å². The van der Waals surface area contributed by atoms with Crippen molar-refractivity contribution in [2.24, 2.45) is 4.99 Å². The number of rotatable bonds is 5. The van der Waals surface area contributed by atoms with Gasteiger partial charge in [-0.25, -0.2) is 8.42 Å². The molecule has 2 aromatic rings. The third-order valence-corrected chi connectivity index (χ3v) is 8.52. The van der Waals surface area contributed by atoms with Crippen molar-refractivity contribution in [2.75, 3.05) is 33.3 Å². The second kappa shape index (κ2) is 10.4. The number of methoxy groups -OCH3 is 1. The normalized spacial score (nSPS) is 18.3. The fourth-order valence-corrected chi connectivity index (χ4v) is 6.35. The summed E-state index contributed by atoms with van der Waals surface area (Å²) in [4.78, 5) is 5.19. The standard InChI is InChI=1S/C24H32N4O3S.ClH/c1-18-8-9-19(2)22(16-18)32(29,30)28-14-10-24(11-15-28)23(25-12-13-27-24)26-17-20-6-4-5-7-21(20)31-3;/h4-9,16,27H,10-15,17H2,1-3H3,(H,25,26);1H. The van der Waals surface area contributed by atoms with E-state index in [-0.39, 0.29) is 17.9 Å². The Kier molecular flexibility index (Phi) is 8.05. The lowest BCUT2D eigenvalue weighted by molar-refractivity contribution is 0.241. The predicted molar refractivity (Wildman–Crippen MR) is 134 cm³/mol. The van der Waals surface area contributed by atoms with Crippen LogP contribution in [0.15, 0.2) is 52.4 Å². The van der Waals surface area contributed by atoms with Crippen LogP contribution in [0.2, 0.25) is 0 Å². The van der Waals surface area contributed by atoms with Crippen LogP contribution in [0.5, 0.6) is 5.75 Å². The molecule has 0 saturated carbocycles. The SMILES string of the molecule is COc1ccccc1CNC1=NCCNC12CCN(S(=O)(=O)c1cc(C)ccc1C)CC2.Cl. The lowest BCUT2D eigenvalue weighted by Crippen LogP contribution is -2.64. The van der Waals surface area contributed by atoms with Crippen molar-refractivity contribution in [1.29, 1.82) is 0 Å². The molecular formula is C24H33ClN4O3S. The first-order valence-electron chi connectivity index (χ1n) is 11.1. The molecule has 0 unspecified atom stereocenters. The summed E-state index contributed by atoms with van der Waals surface area (Å²) < 4.78 is 33.8. The van der Waals surface area contributed by atoms with Gasteiger partial charge in [0.15, 0.2) is 0 Å². The molecule has 2 heterocycles. The lowest BCUT2D eigenvalue weighted by Gasteiger charge is -2.44. The summed E-state index contributed by atoms with van der Waals surface area (Å²) in [6.45, 7) is 6.80. The van der Waals surface area contributed by atoms with Crippen molar-refractivity contribution >= 4 is 28.3 Å². The molecule has 2 aliphatic rings. The Balaban J connectivity index is 0.00000306. The number of ether oxygens (including phenoxy) is 1. The van der Waals surface area contributed by atoms with Crippen LogP contribution >= 0.6 is 12.4 Å². The Bertz CT molecular complexity index is 1110. The summed E-state index contributed by atoms with van der Waals surface area (Å²) >= 11 is 0. The van der Waals surface area contributed by atoms with Gasteiger partial charge in [-0.05, 0) is 49.9 Å². The fraction of sp³-hybridized carbons (Fsp3) is 0.458. The molecule has 7 nitrogen and oxygen atoms in total. The molecule has 2 aliphatic heterocycles. The average molecular weight is 493 g/mol. The Morgan fingerprint density at radius 3 is 2.61 bits per heavy atom. The molecule has 0 atom stereocenters. The fourth-order valence-electron chi connectivity index (χ4n) is 4.60. The highest BCUT2D eigenvalue weighted by Crippen LogP contribution is 2.30. The van der Waals surface area contributed by atoms with Gasteiger partial charge in [0.25, 0.3) is 0 Å². The van der Waals surface area contributed by atoms with Crippen LogP contribution in [-0.4, -0.2) is 57.4 Å². The van der Waals surface area contributed by atoms with Gasteiger partial charge in [-0.1, -0.05) is 30.3 Å². The molecule has 33 heavy (non-hydrogen) atoms. The summed E-state index contributed by atoms with van der Waals surface area (Å²) in [7, 11) is -1.85. The molecule has 9 heteroatoms. The van der Waals surface area contributed by atoms with Gasteiger partial charge in [-0.2, -0.15) is 4.31 Å². The number of hydrogen-bond donors (Lipinski definition) is 2. The molecule has 2 aromatic carbocycles. The molecular weight excluding hydrogens is 460 g/mol. The lowest BCUT2D eigenvalue weighted by atomic mass is 9.85. The molecule has 2 N–H and O–H groups in total. The number of halogens is 1. The summed E-state index contributed by atoms with van der Waals surface area (Å²) in [5.41, 5.74) is 2.47. The molecule has 1 saturated heterocycles. The largest absolute Gasteiger partial charge is 0.496 e. The minimum atomic E-state index is -3.52. The van der Waals surface area contributed by atoms with E-state index in [0.29, 0.717) is 43.9 Å². The zero-order valence-corrected chi connectivity index (χ0v) is 21.1. The van der Waals surface area contributed by atoms with Gasteiger partial charge in [-0.3, -0.25) is 4.99 Å². The Labute approximate surface area is 203 Å². The molecule has 1 fully saturated rings. The van der Waals surface area contributed by atoms with Crippen molar-refractivity contribution in [2.45, 2.75) is 43.7 Å². The van der Waals surface area contributed by atoms with E-state index in [0.717, 1.165) is 34.8 Å². The summed E-state index contributed by atoms with van der Waals surface area (Å²) in [5.74, 6) is 1.76. The van der Waals surface area contributed by atoms with E-state index < -0.39 is 10.0 Å². The molecule has 0 aliphatic carbocycles. The smallest absolute Gasteiger partial charge is 0.243 e. The van der Waals surface area contributed by atoms with Gasteiger partial charge < -0.3 is 15.4 Å². The van der Waals surface area contributed by atoms with Crippen LogP contribution in [-0.2, 0) is 16.6 Å². The number of benzene rings is 2. The first kappa shape index (κ1) is 25.5.